The lowest BCUT2D eigenvalue weighted by Gasteiger charge is -2.22. The number of anilines is 2. The highest BCUT2D eigenvalue weighted by molar-refractivity contribution is 5.97. The second-order valence-electron chi connectivity index (χ2n) is 7.55. The first-order valence-electron chi connectivity index (χ1n) is 10.1. The first-order valence-corrected chi connectivity index (χ1v) is 10.1. The van der Waals surface area contributed by atoms with Crippen molar-refractivity contribution in [3.8, 4) is 5.75 Å². The van der Waals surface area contributed by atoms with Crippen molar-refractivity contribution in [3.05, 3.63) is 53.6 Å². The number of carbonyl (C=O) groups is 2. The molecule has 146 valence electrons. The monoisotopic (exact) mass is 378 g/mol. The van der Waals surface area contributed by atoms with E-state index in [0.717, 1.165) is 43.7 Å². The Kier molecular flexibility index (Phi) is 5.33. The van der Waals surface area contributed by atoms with Crippen molar-refractivity contribution in [1.29, 1.82) is 0 Å². The molecule has 2 aromatic rings. The standard InChI is InChI=1S/C23H26N2O3/c1-16(28-21-12-4-8-17-7-2-3-11-20(17)21)23(27)24-18-9-5-10-19(15-18)25-14-6-13-22(25)26/h4-5,8-10,12,15-16H,2-3,6-7,11,13-14H2,1H3,(H,24,27)/t16-/m1/s1. The van der Waals surface area contributed by atoms with Crippen LogP contribution < -0.4 is 15.0 Å². The summed E-state index contributed by atoms with van der Waals surface area (Å²) in [5.74, 6) is 0.753. The Hall–Kier alpha value is -2.82. The zero-order chi connectivity index (χ0) is 19.5. The van der Waals surface area contributed by atoms with Gasteiger partial charge >= 0.3 is 0 Å². The van der Waals surface area contributed by atoms with Crippen molar-refractivity contribution in [3.63, 3.8) is 0 Å². The van der Waals surface area contributed by atoms with Gasteiger partial charge in [0.15, 0.2) is 6.10 Å². The summed E-state index contributed by atoms with van der Waals surface area (Å²) in [6.45, 7) is 2.50. The van der Waals surface area contributed by atoms with Gasteiger partial charge in [0.05, 0.1) is 0 Å². The molecule has 1 aliphatic heterocycles. The number of fused-ring (bicyclic) bond motifs is 1. The quantitative estimate of drug-likeness (QED) is 0.852. The molecule has 0 saturated carbocycles. The molecule has 0 aromatic heterocycles. The Bertz CT molecular complexity index is 893. The summed E-state index contributed by atoms with van der Waals surface area (Å²) in [7, 11) is 0. The topological polar surface area (TPSA) is 58.6 Å². The third-order valence-electron chi connectivity index (χ3n) is 5.52. The van der Waals surface area contributed by atoms with Crippen LogP contribution in [0.5, 0.6) is 5.75 Å². The number of nitrogens with one attached hydrogen (secondary N) is 1. The Balaban J connectivity index is 1.43. The summed E-state index contributed by atoms with van der Waals surface area (Å²) in [4.78, 5) is 26.4. The lowest BCUT2D eigenvalue weighted by atomic mass is 9.91. The van der Waals surface area contributed by atoms with E-state index in [1.807, 2.05) is 36.4 Å². The number of hydrogen-bond donors (Lipinski definition) is 1. The molecular weight excluding hydrogens is 352 g/mol. The Morgan fingerprint density at radius 2 is 1.89 bits per heavy atom. The zero-order valence-electron chi connectivity index (χ0n) is 16.2. The summed E-state index contributed by atoms with van der Waals surface area (Å²) in [6, 6.07) is 13.5. The van der Waals surface area contributed by atoms with Crippen molar-refractivity contribution in [2.75, 3.05) is 16.8 Å². The minimum absolute atomic E-state index is 0.133. The fourth-order valence-corrected chi connectivity index (χ4v) is 4.02. The normalized spacial score (nSPS) is 17.2. The van der Waals surface area contributed by atoms with E-state index in [1.165, 1.54) is 17.5 Å². The van der Waals surface area contributed by atoms with Crippen LogP contribution in [0.4, 0.5) is 11.4 Å². The number of carbonyl (C=O) groups excluding carboxylic acids is 2. The van der Waals surface area contributed by atoms with E-state index >= 15 is 0 Å². The number of amides is 2. The molecule has 4 rings (SSSR count). The number of ether oxygens (including phenoxy) is 1. The number of aryl methyl sites for hydroxylation is 1. The second-order valence-corrected chi connectivity index (χ2v) is 7.55. The molecule has 5 nitrogen and oxygen atoms in total. The lowest BCUT2D eigenvalue weighted by Crippen LogP contribution is -2.31. The first-order chi connectivity index (χ1) is 13.6. The highest BCUT2D eigenvalue weighted by Gasteiger charge is 2.23. The van der Waals surface area contributed by atoms with Crippen LogP contribution in [0, 0.1) is 0 Å². The maximum Gasteiger partial charge on any atom is 0.265 e. The summed E-state index contributed by atoms with van der Waals surface area (Å²) >= 11 is 0. The predicted molar refractivity (Wildman–Crippen MR) is 110 cm³/mol. The van der Waals surface area contributed by atoms with E-state index in [1.54, 1.807) is 11.8 Å². The lowest BCUT2D eigenvalue weighted by molar-refractivity contribution is -0.122. The van der Waals surface area contributed by atoms with E-state index in [2.05, 4.69) is 11.4 Å². The Labute approximate surface area is 165 Å². The van der Waals surface area contributed by atoms with Crippen LogP contribution in [0.25, 0.3) is 0 Å². The molecule has 5 heteroatoms. The molecule has 2 aromatic carbocycles. The molecule has 1 atom stereocenters. The molecule has 2 amide bonds. The van der Waals surface area contributed by atoms with Crippen LogP contribution in [0.15, 0.2) is 42.5 Å². The third kappa shape index (κ3) is 3.88. The summed E-state index contributed by atoms with van der Waals surface area (Å²) in [6.07, 6.45) is 5.31. The van der Waals surface area contributed by atoms with Crippen LogP contribution in [0.1, 0.15) is 43.7 Å². The maximum atomic E-state index is 12.7. The summed E-state index contributed by atoms with van der Waals surface area (Å²) in [5, 5.41) is 2.92. The van der Waals surface area contributed by atoms with E-state index in [-0.39, 0.29) is 11.8 Å². The van der Waals surface area contributed by atoms with Crippen molar-refractivity contribution in [2.24, 2.45) is 0 Å². The van der Waals surface area contributed by atoms with Crippen LogP contribution in [0.3, 0.4) is 0 Å². The average molecular weight is 378 g/mol. The van der Waals surface area contributed by atoms with Gasteiger partial charge in [-0.3, -0.25) is 9.59 Å². The van der Waals surface area contributed by atoms with Gasteiger partial charge in [0, 0.05) is 24.3 Å². The number of hydrogen-bond acceptors (Lipinski definition) is 3. The SMILES string of the molecule is C[C@@H](Oc1cccc2c1CCCC2)C(=O)Nc1cccc(N2CCCC2=O)c1. The van der Waals surface area contributed by atoms with Gasteiger partial charge in [-0.1, -0.05) is 18.2 Å². The molecule has 0 radical (unpaired) electrons. The predicted octanol–water partition coefficient (Wildman–Crippen LogP) is 4.10. The van der Waals surface area contributed by atoms with E-state index in [4.69, 9.17) is 4.74 Å². The largest absolute Gasteiger partial charge is 0.481 e. The smallest absolute Gasteiger partial charge is 0.265 e. The summed E-state index contributed by atoms with van der Waals surface area (Å²) < 4.78 is 6.02. The van der Waals surface area contributed by atoms with Crippen molar-refractivity contribution in [2.45, 2.75) is 51.6 Å². The molecule has 1 saturated heterocycles. The van der Waals surface area contributed by atoms with Gasteiger partial charge in [-0.05, 0) is 74.4 Å². The number of nitrogens with zero attached hydrogens (tertiary/aromatic N) is 1. The first kappa shape index (κ1) is 18.5. The molecule has 28 heavy (non-hydrogen) atoms. The van der Waals surface area contributed by atoms with Crippen LogP contribution in [-0.4, -0.2) is 24.5 Å². The number of rotatable bonds is 5. The fourth-order valence-electron chi connectivity index (χ4n) is 4.02. The number of benzene rings is 2. The molecule has 0 spiro atoms. The molecule has 2 aliphatic rings. The van der Waals surface area contributed by atoms with E-state index < -0.39 is 6.10 Å². The highest BCUT2D eigenvalue weighted by atomic mass is 16.5. The molecule has 0 unspecified atom stereocenters. The van der Waals surface area contributed by atoms with Crippen LogP contribution in [0.2, 0.25) is 0 Å². The van der Waals surface area contributed by atoms with Crippen molar-refractivity contribution in [1.82, 2.24) is 0 Å². The second kappa shape index (κ2) is 8.05. The maximum absolute atomic E-state index is 12.7. The van der Waals surface area contributed by atoms with E-state index in [0.29, 0.717) is 12.1 Å². The minimum Gasteiger partial charge on any atom is -0.481 e. The molecule has 0 bridgehead atoms. The Morgan fingerprint density at radius 3 is 2.71 bits per heavy atom. The van der Waals surface area contributed by atoms with Gasteiger partial charge in [0.25, 0.3) is 5.91 Å². The van der Waals surface area contributed by atoms with Crippen molar-refractivity contribution >= 4 is 23.2 Å². The van der Waals surface area contributed by atoms with Gasteiger partial charge in [-0.15, -0.1) is 0 Å². The van der Waals surface area contributed by atoms with Gasteiger partial charge in [0.1, 0.15) is 5.75 Å². The van der Waals surface area contributed by atoms with Crippen LogP contribution in [-0.2, 0) is 22.4 Å². The molecule has 1 N–H and O–H groups in total. The fraction of sp³-hybridized carbons (Fsp3) is 0.391. The van der Waals surface area contributed by atoms with Gasteiger partial charge in [0.2, 0.25) is 5.91 Å². The molecular formula is C23H26N2O3. The van der Waals surface area contributed by atoms with E-state index in [9.17, 15) is 9.59 Å². The molecule has 1 aliphatic carbocycles. The minimum atomic E-state index is -0.606. The highest BCUT2D eigenvalue weighted by Crippen LogP contribution is 2.30. The zero-order valence-corrected chi connectivity index (χ0v) is 16.2. The van der Waals surface area contributed by atoms with Gasteiger partial charge < -0.3 is 15.0 Å². The average Bonchev–Trinajstić information content (AvgIpc) is 3.14. The Morgan fingerprint density at radius 1 is 1.07 bits per heavy atom. The van der Waals surface area contributed by atoms with Gasteiger partial charge in [-0.25, -0.2) is 0 Å². The third-order valence-corrected chi connectivity index (χ3v) is 5.52. The molecule has 1 heterocycles. The van der Waals surface area contributed by atoms with Crippen molar-refractivity contribution < 1.29 is 14.3 Å². The van der Waals surface area contributed by atoms with Crippen LogP contribution >= 0.6 is 0 Å². The summed E-state index contributed by atoms with van der Waals surface area (Å²) in [5.41, 5.74) is 4.07. The molecule has 1 fully saturated rings. The van der Waals surface area contributed by atoms with Gasteiger partial charge in [-0.2, -0.15) is 0 Å².